The molecule has 2 aliphatic carbocycles. The lowest BCUT2D eigenvalue weighted by Crippen LogP contribution is -2.23. The molecule has 0 saturated heterocycles. The zero-order valence-electron chi connectivity index (χ0n) is 21.8. The van der Waals surface area contributed by atoms with Crippen LogP contribution >= 0.6 is 0 Å². The van der Waals surface area contributed by atoms with E-state index in [0.717, 1.165) is 67.3 Å². The summed E-state index contributed by atoms with van der Waals surface area (Å²) in [6.07, 6.45) is 13.0. The second-order valence-corrected chi connectivity index (χ2v) is 10.4. The van der Waals surface area contributed by atoms with Gasteiger partial charge in [0, 0.05) is 37.0 Å². The van der Waals surface area contributed by atoms with Gasteiger partial charge >= 0.3 is 0 Å². The van der Waals surface area contributed by atoms with Crippen molar-refractivity contribution in [3.63, 3.8) is 0 Å². The van der Waals surface area contributed by atoms with E-state index in [-0.39, 0.29) is 5.91 Å². The van der Waals surface area contributed by atoms with E-state index in [0.29, 0.717) is 25.4 Å². The van der Waals surface area contributed by atoms with Crippen LogP contribution in [0, 0.1) is 12.8 Å². The van der Waals surface area contributed by atoms with E-state index in [2.05, 4.69) is 43.0 Å². The number of aryl methyl sites for hydroxylation is 3. The Morgan fingerprint density at radius 1 is 1.18 bits per heavy atom. The van der Waals surface area contributed by atoms with E-state index < -0.39 is 0 Å². The predicted molar refractivity (Wildman–Crippen MR) is 142 cm³/mol. The SMILES string of the molecule is Cc1ccc(CNC(=O)c2cn(CCCCc3cc4c(nn3)CC(C3CC3)=C4C3=CCOCC3)nn2)cn1. The first kappa shape index (κ1) is 24.6. The number of fused-ring (bicyclic) bond motifs is 1. The molecule has 1 aliphatic heterocycles. The number of pyridine rings is 1. The van der Waals surface area contributed by atoms with Gasteiger partial charge in [-0.2, -0.15) is 10.2 Å². The number of nitrogens with one attached hydrogen (secondary N) is 1. The molecule has 9 nitrogen and oxygen atoms in total. The molecule has 38 heavy (non-hydrogen) atoms. The first-order valence-electron chi connectivity index (χ1n) is 13.6. The second-order valence-electron chi connectivity index (χ2n) is 10.4. The Morgan fingerprint density at radius 3 is 2.89 bits per heavy atom. The fourth-order valence-corrected chi connectivity index (χ4v) is 5.25. The number of ether oxygens (including phenoxy) is 1. The maximum Gasteiger partial charge on any atom is 0.273 e. The van der Waals surface area contributed by atoms with Crippen LogP contribution in [-0.2, 0) is 30.7 Å². The van der Waals surface area contributed by atoms with Gasteiger partial charge in [0.15, 0.2) is 5.69 Å². The number of rotatable bonds is 10. The first-order valence-corrected chi connectivity index (χ1v) is 13.6. The van der Waals surface area contributed by atoms with E-state index in [1.54, 1.807) is 22.6 Å². The van der Waals surface area contributed by atoms with E-state index in [4.69, 9.17) is 4.74 Å². The number of carbonyl (C=O) groups is 1. The van der Waals surface area contributed by atoms with Crippen LogP contribution in [0.1, 0.15) is 70.8 Å². The van der Waals surface area contributed by atoms with Crippen molar-refractivity contribution in [2.75, 3.05) is 13.2 Å². The van der Waals surface area contributed by atoms with Gasteiger partial charge in [-0.05, 0) is 80.2 Å². The number of aromatic nitrogens is 6. The van der Waals surface area contributed by atoms with Crippen molar-refractivity contribution in [1.29, 1.82) is 0 Å². The number of hydrogen-bond donors (Lipinski definition) is 1. The maximum atomic E-state index is 12.4. The first-order chi connectivity index (χ1) is 18.6. The highest BCUT2D eigenvalue weighted by Crippen LogP contribution is 2.48. The summed E-state index contributed by atoms with van der Waals surface area (Å²) in [6, 6.07) is 6.15. The van der Waals surface area contributed by atoms with Gasteiger partial charge < -0.3 is 10.1 Å². The second kappa shape index (κ2) is 10.9. The van der Waals surface area contributed by atoms with Crippen molar-refractivity contribution in [1.82, 2.24) is 35.5 Å². The average Bonchev–Trinajstić information content (AvgIpc) is 3.56. The Morgan fingerprint density at radius 2 is 2.11 bits per heavy atom. The van der Waals surface area contributed by atoms with E-state index >= 15 is 0 Å². The molecule has 0 radical (unpaired) electrons. The normalized spacial score (nSPS) is 16.9. The summed E-state index contributed by atoms with van der Waals surface area (Å²) in [5.41, 5.74) is 10.1. The molecule has 0 aromatic carbocycles. The molecule has 0 spiro atoms. The third-order valence-corrected chi connectivity index (χ3v) is 7.49. The monoisotopic (exact) mass is 511 g/mol. The van der Waals surface area contributed by atoms with Gasteiger partial charge in [-0.1, -0.05) is 22.9 Å². The Bertz CT molecular complexity index is 1390. The third-order valence-electron chi connectivity index (χ3n) is 7.49. The van der Waals surface area contributed by atoms with Crippen molar-refractivity contribution in [2.24, 2.45) is 5.92 Å². The Balaban J connectivity index is 1.02. The fraction of sp³-hybridized carbons (Fsp3) is 0.448. The minimum atomic E-state index is -0.237. The van der Waals surface area contributed by atoms with Crippen LogP contribution in [0.15, 0.2) is 47.8 Å². The third kappa shape index (κ3) is 5.57. The zero-order valence-corrected chi connectivity index (χ0v) is 21.8. The fourth-order valence-electron chi connectivity index (χ4n) is 5.25. The summed E-state index contributed by atoms with van der Waals surface area (Å²) >= 11 is 0. The Kier molecular flexibility index (Phi) is 7.09. The maximum absolute atomic E-state index is 12.4. The molecule has 196 valence electrons. The lowest BCUT2D eigenvalue weighted by Gasteiger charge is -2.17. The number of nitrogens with zero attached hydrogens (tertiary/aromatic N) is 6. The van der Waals surface area contributed by atoms with Gasteiger partial charge in [-0.15, -0.1) is 5.10 Å². The molecule has 4 heterocycles. The average molecular weight is 512 g/mol. The molecule has 6 rings (SSSR count). The van der Waals surface area contributed by atoms with E-state index in [9.17, 15) is 4.79 Å². The molecule has 0 atom stereocenters. The van der Waals surface area contributed by atoms with Crippen LogP contribution in [0.2, 0.25) is 0 Å². The van der Waals surface area contributed by atoms with Gasteiger partial charge in [-0.3, -0.25) is 14.5 Å². The quantitative estimate of drug-likeness (QED) is 0.413. The number of unbranched alkanes of at least 4 members (excludes halogenated alkanes) is 1. The molecule has 1 N–H and O–H groups in total. The molecule has 3 aromatic heterocycles. The van der Waals surface area contributed by atoms with E-state index in [1.807, 2.05) is 19.1 Å². The van der Waals surface area contributed by atoms with Crippen molar-refractivity contribution in [3.8, 4) is 0 Å². The van der Waals surface area contributed by atoms with Crippen LogP contribution in [0.5, 0.6) is 0 Å². The molecule has 1 amide bonds. The summed E-state index contributed by atoms with van der Waals surface area (Å²) in [6.45, 7) is 4.54. The molecular formula is C29H33N7O2. The summed E-state index contributed by atoms with van der Waals surface area (Å²) < 4.78 is 7.30. The Labute approximate surface area is 222 Å². The highest BCUT2D eigenvalue weighted by atomic mass is 16.5. The number of amides is 1. The van der Waals surface area contributed by atoms with Crippen LogP contribution in [0.4, 0.5) is 0 Å². The number of hydrogen-bond acceptors (Lipinski definition) is 7. The van der Waals surface area contributed by atoms with E-state index in [1.165, 1.54) is 29.6 Å². The van der Waals surface area contributed by atoms with Gasteiger partial charge in [-0.25, -0.2) is 0 Å². The van der Waals surface area contributed by atoms with Crippen LogP contribution in [0.3, 0.4) is 0 Å². The van der Waals surface area contributed by atoms with Gasteiger partial charge in [0.05, 0.1) is 30.8 Å². The minimum Gasteiger partial charge on any atom is -0.377 e. The van der Waals surface area contributed by atoms with Crippen molar-refractivity contribution in [3.05, 3.63) is 81.7 Å². The summed E-state index contributed by atoms with van der Waals surface area (Å²) in [5.74, 6) is 0.486. The topological polar surface area (TPSA) is 108 Å². The number of allylic oxidation sites excluding steroid dienone is 2. The smallest absolute Gasteiger partial charge is 0.273 e. The molecule has 0 bridgehead atoms. The minimum absolute atomic E-state index is 0.237. The molecule has 3 aromatic rings. The highest BCUT2D eigenvalue weighted by Gasteiger charge is 2.35. The lowest BCUT2D eigenvalue weighted by atomic mass is 9.93. The predicted octanol–water partition coefficient (Wildman–Crippen LogP) is 3.79. The molecule has 3 aliphatic rings. The van der Waals surface area contributed by atoms with Crippen LogP contribution in [-0.4, -0.2) is 49.3 Å². The summed E-state index contributed by atoms with van der Waals surface area (Å²) in [5, 5.41) is 20.2. The number of carbonyl (C=O) groups excluding carboxylic acids is 1. The zero-order chi connectivity index (χ0) is 25.9. The summed E-state index contributed by atoms with van der Waals surface area (Å²) in [4.78, 5) is 16.7. The van der Waals surface area contributed by atoms with Crippen LogP contribution < -0.4 is 5.32 Å². The summed E-state index contributed by atoms with van der Waals surface area (Å²) in [7, 11) is 0. The molecule has 1 saturated carbocycles. The van der Waals surface area contributed by atoms with Crippen molar-refractivity contribution < 1.29 is 9.53 Å². The van der Waals surface area contributed by atoms with Gasteiger partial charge in [0.25, 0.3) is 5.91 Å². The van der Waals surface area contributed by atoms with Gasteiger partial charge in [0.1, 0.15) is 0 Å². The Hall–Kier alpha value is -3.72. The van der Waals surface area contributed by atoms with Crippen LogP contribution in [0.25, 0.3) is 5.57 Å². The largest absolute Gasteiger partial charge is 0.377 e. The van der Waals surface area contributed by atoms with Crippen molar-refractivity contribution in [2.45, 2.75) is 65.0 Å². The molecular weight excluding hydrogens is 478 g/mol. The van der Waals surface area contributed by atoms with Gasteiger partial charge in [0.2, 0.25) is 0 Å². The lowest BCUT2D eigenvalue weighted by molar-refractivity contribution is 0.0945. The molecule has 0 unspecified atom stereocenters. The van der Waals surface area contributed by atoms with Crippen molar-refractivity contribution >= 4 is 11.5 Å². The molecule has 1 fully saturated rings. The standard InChI is InChI=1S/C29H33N7O2/c1-19-5-6-20(16-30-19)17-31-29(37)27-18-36(35-34-27)11-3-2-4-23-14-25-26(33-32-23)15-24(21-7-8-21)28(25)22-9-12-38-13-10-22/h5-6,9,14,16,18,21H,2-4,7-8,10-13,15,17H2,1H3,(H,31,37). The molecule has 9 heteroatoms. The highest BCUT2D eigenvalue weighted by molar-refractivity contribution is 5.91.